The molecule has 0 spiro atoms. The van der Waals surface area contributed by atoms with E-state index < -0.39 is 0 Å². The SMILES string of the molecule is CCCC(=O)N(CC(=O)N(Cc1ccc(F)cc1)Cc1sccc1C)C(C)CC. The molecule has 1 unspecified atom stereocenters. The summed E-state index contributed by atoms with van der Waals surface area (Å²) in [6.07, 6.45) is 2.00. The van der Waals surface area contributed by atoms with Crippen molar-refractivity contribution >= 4 is 23.2 Å². The molecular formula is C23H31FN2O2S. The fourth-order valence-electron chi connectivity index (χ4n) is 3.10. The number of carbonyl (C=O) groups is 2. The second kappa shape index (κ2) is 11.1. The van der Waals surface area contributed by atoms with Crippen molar-refractivity contribution in [1.29, 1.82) is 0 Å². The van der Waals surface area contributed by atoms with Crippen LogP contribution in [-0.4, -0.2) is 34.2 Å². The number of nitrogens with zero attached hydrogens (tertiary/aromatic N) is 2. The largest absolute Gasteiger partial charge is 0.332 e. The van der Waals surface area contributed by atoms with Gasteiger partial charge in [0.05, 0.1) is 6.54 Å². The molecule has 2 aromatic rings. The Morgan fingerprint density at radius 1 is 1.07 bits per heavy atom. The zero-order chi connectivity index (χ0) is 21.4. The first-order chi connectivity index (χ1) is 13.8. The Morgan fingerprint density at radius 3 is 2.31 bits per heavy atom. The third-order valence-corrected chi connectivity index (χ3v) is 6.16. The van der Waals surface area contributed by atoms with Gasteiger partial charge in [-0.1, -0.05) is 26.0 Å². The van der Waals surface area contributed by atoms with Crippen molar-refractivity contribution in [3.8, 4) is 0 Å². The summed E-state index contributed by atoms with van der Waals surface area (Å²) in [6, 6.07) is 8.26. The molecule has 0 aliphatic heterocycles. The first-order valence-corrected chi connectivity index (χ1v) is 11.1. The van der Waals surface area contributed by atoms with E-state index in [9.17, 15) is 14.0 Å². The Morgan fingerprint density at radius 2 is 1.76 bits per heavy atom. The lowest BCUT2D eigenvalue weighted by molar-refractivity contribution is -0.143. The van der Waals surface area contributed by atoms with E-state index in [0.717, 1.165) is 28.8 Å². The van der Waals surface area contributed by atoms with Crippen molar-refractivity contribution in [2.45, 2.75) is 66.1 Å². The number of aryl methyl sites for hydroxylation is 1. The summed E-state index contributed by atoms with van der Waals surface area (Å²) >= 11 is 1.62. The lowest BCUT2D eigenvalue weighted by atomic mass is 10.1. The normalized spacial score (nSPS) is 11.9. The standard InChI is InChI=1S/C23H31FN2O2S/c1-5-7-22(27)26(18(4)6-2)16-23(28)25(15-21-17(3)12-13-29-21)14-19-8-10-20(24)11-9-19/h8-13,18H,5-7,14-16H2,1-4H3. The number of rotatable bonds is 10. The van der Waals surface area contributed by atoms with Crippen LogP contribution in [0, 0.1) is 12.7 Å². The summed E-state index contributed by atoms with van der Waals surface area (Å²) in [6.45, 7) is 8.93. The van der Waals surface area contributed by atoms with E-state index >= 15 is 0 Å². The molecule has 158 valence electrons. The minimum absolute atomic E-state index is 0.00847. The predicted molar refractivity (Wildman–Crippen MR) is 116 cm³/mol. The van der Waals surface area contributed by atoms with Crippen LogP contribution in [0.5, 0.6) is 0 Å². The lowest BCUT2D eigenvalue weighted by Crippen LogP contribution is -2.46. The zero-order valence-electron chi connectivity index (χ0n) is 17.8. The van der Waals surface area contributed by atoms with Gasteiger partial charge < -0.3 is 9.80 Å². The van der Waals surface area contributed by atoms with E-state index in [1.807, 2.05) is 39.1 Å². The van der Waals surface area contributed by atoms with Gasteiger partial charge in [0.15, 0.2) is 0 Å². The minimum Gasteiger partial charge on any atom is -0.332 e. The van der Waals surface area contributed by atoms with Crippen LogP contribution in [0.3, 0.4) is 0 Å². The fourth-order valence-corrected chi connectivity index (χ4v) is 4.02. The predicted octanol–water partition coefficient (Wildman–Crippen LogP) is 5.15. The maximum Gasteiger partial charge on any atom is 0.242 e. The number of amides is 2. The summed E-state index contributed by atoms with van der Waals surface area (Å²) in [5, 5.41) is 2.02. The summed E-state index contributed by atoms with van der Waals surface area (Å²) < 4.78 is 13.3. The van der Waals surface area contributed by atoms with Gasteiger partial charge in [-0.25, -0.2) is 4.39 Å². The topological polar surface area (TPSA) is 40.6 Å². The monoisotopic (exact) mass is 418 g/mol. The maximum atomic E-state index is 13.3. The van der Waals surface area contributed by atoms with Crippen molar-refractivity contribution < 1.29 is 14.0 Å². The number of hydrogen-bond acceptors (Lipinski definition) is 3. The van der Waals surface area contributed by atoms with Gasteiger partial charge in [0.25, 0.3) is 0 Å². The van der Waals surface area contributed by atoms with E-state index in [1.54, 1.807) is 33.3 Å². The molecule has 1 atom stereocenters. The highest BCUT2D eigenvalue weighted by atomic mass is 32.1. The fraction of sp³-hybridized carbons (Fsp3) is 0.478. The van der Waals surface area contributed by atoms with Crippen molar-refractivity contribution in [1.82, 2.24) is 9.80 Å². The van der Waals surface area contributed by atoms with Crippen LogP contribution in [0.1, 0.15) is 56.0 Å². The first kappa shape index (κ1) is 23.1. The van der Waals surface area contributed by atoms with E-state index in [0.29, 0.717) is 19.5 Å². The van der Waals surface area contributed by atoms with Crippen LogP contribution in [0.2, 0.25) is 0 Å². The van der Waals surface area contributed by atoms with Gasteiger partial charge in [0, 0.05) is 23.9 Å². The Kier molecular flexibility index (Phi) is 8.83. The smallest absolute Gasteiger partial charge is 0.242 e. The van der Waals surface area contributed by atoms with Gasteiger partial charge in [-0.15, -0.1) is 11.3 Å². The molecule has 1 aromatic heterocycles. The molecule has 2 amide bonds. The highest BCUT2D eigenvalue weighted by molar-refractivity contribution is 7.10. The second-order valence-corrected chi connectivity index (χ2v) is 8.43. The average Bonchev–Trinajstić information content (AvgIpc) is 3.11. The number of benzene rings is 1. The minimum atomic E-state index is -0.297. The molecule has 29 heavy (non-hydrogen) atoms. The third kappa shape index (κ3) is 6.67. The van der Waals surface area contributed by atoms with E-state index in [4.69, 9.17) is 0 Å². The number of hydrogen-bond donors (Lipinski definition) is 0. The van der Waals surface area contributed by atoms with E-state index in [-0.39, 0.29) is 30.2 Å². The van der Waals surface area contributed by atoms with Crippen molar-refractivity contribution in [3.05, 3.63) is 57.5 Å². The molecule has 1 aromatic carbocycles. The molecule has 0 aliphatic rings. The van der Waals surface area contributed by atoms with Crippen LogP contribution in [-0.2, 0) is 22.7 Å². The molecule has 1 heterocycles. The van der Waals surface area contributed by atoms with Crippen molar-refractivity contribution in [2.24, 2.45) is 0 Å². The lowest BCUT2D eigenvalue weighted by Gasteiger charge is -2.31. The maximum absolute atomic E-state index is 13.3. The third-order valence-electron chi connectivity index (χ3n) is 5.15. The Balaban J connectivity index is 2.22. The van der Waals surface area contributed by atoms with Crippen LogP contribution in [0.4, 0.5) is 4.39 Å². The summed E-state index contributed by atoms with van der Waals surface area (Å²) in [4.78, 5) is 30.4. The first-order valence-electron chi connectivity index (χ1n) is 10.2. The highest BCUT2D eigenvalue weighted by Gasteiger charge is 2.25. The molecule has 0 bridgehead atoms. The van der Waals surface area contributed by atoms with Gasteiger partial charge in [-0.2, -0.15) is 0 Å². The summed E-state index contributed by atoms with van der Waals surface area (Å²) in [5.74, 6) is -0.370. The Labute approximate surface area is 177 Å². The zero-order valence-corrected chi connectivity index (χ0v) is 18.6. The average molecular weight is 419 g/mol. The van der Waals surface area contributed by atoms with Gasteiger partial charge in [0.1, 0.15) is 12.4 Å². The Hall–Kier alpha value is -2.21. The Bertz CT molecular complexity index is 803. The molecule has 0 fully saturated rings. The highest BCUT2D eigenvalue weighted by Crippen LogP contribution is 2.20. The van der Waals surface area contributed by atoms with E-state index in [2.05, 4.69) is 0 Å². The van der Waals surface area contributed by atoms with Gasteiger partial charge in [-0.3, -0.25) is 9.59 Å². The molecule has 6 heteroatoms. The van der Waals surface area contributed by atoms with Crippen LogP contribution < -0.4 is 0 Å². The number of halogens is 1. The van der Waals surface area contributed by atoms with E-state index in [1.165, 1.54) is 12.1 Å². The van der Waals surface area contributed by atoms with Crippen molar-refractivity contribution in [2.75, 3.05) is 6.54 Å². The molecule has 0 radical (unpaired) electrons. The molecule has 2 rings (SSSR count). The van der Waals surface area contributed by atoms with Crippen LogP contribution in [0.15, 0.2) is 35.7 Å². The van der Waals surface area contributed by atoms with Gasteiger partial charge in [-0.05, 0) is 61.4 Å². The molecule has 0 saturated heterocycles. The van der Waals surface area contributed by atoms with Crippen molar-refractivity contribution in [3.63, 3.8) is 0 Å². The molecule has 0 aliphatic carbocycles. The van der Waals surface area contributed by atoms with Gasteiger partial charge >= 0.3 is 0 Å². The molecule has 4 nitrogen and oxygen atoms in total. The number of thiophene rings is 1. The quantitative estimate of drug-likeness (QED) is 0.535. The summed E-state index contributed by atoms with van der Waals surface area (Å²) in [5.41, 5.74) is 2.01. The van der Waals surface area contributed by atoms with Crippen LogP contribution in [0.25, 0.3) is 0 Å². The molecule has 0 N–H and O–H groups in total. The van der Waals surface area contributed by atoms with Crippen LogP contribution >= 0.6 is 11.3 Å². The molecule has 0 saturated carbocycles. The van der Waals surface area contributed by atoms with Gasteiger partial charge in [0.2, 0.25) is 11.8 Å². The molecular weight excluding hydrogens is 387 g/mol. The number of carbonyl (C=O) groups excluding carboxylic acids is 2. The second-order valence-electron chi connectivity index (χ2n) is 7.43. The summed E-state index contributed by atoms with van der Waals surface area (Å²) in [7, 11) is 0.